The van der Waals surface area contributed by atoms with Crippen LogP contribution in [-0.2, 0) is 14.8 Å². The molecule has 1 N–H and O–H groups in total. The number of halogens is 2. The molecule has 140 valence electrons. The molecule has 0 saturated carbocycles. The van der Waals surface area contributed by atoms with Crippen LogP contribution in [0.25, 0.3) is 0 Å². The third-order valence-corrected chi connectivity index (χ3v) is 6.99. The van der Waals surface area contributed by atoms with Crippen LogP contribution in [-0.4, -0.2) is 61.4 Å². The standard InChI is InChI=1S/C16H22Cl2N2O4S/c1-2-19(9-10-21)16(22)12-5-7-20(8-6-12)25(23,24)15-11-13(17)3-4-14(15)18/h3-4,11-12,21H,2,5-10H2,1H3. The molecule has 6 nitrogen and oxygen atoms in total. The van der Waals surface area contributed by atoms with Gasteiger partial charge < -0.3 is 10.0 Å². The van der Waals surface area contributed by atoms with E-state index in [4.69, 9.17) is 28.3 Å². The van der Waals surface area contributed by atoms with Gasteiger partial charge in [0.05, 0.1) is 11.6 Å². The number of aliphatic hydroxyl groups excluding tert-OH is 1. The lowest BCUT2D eigenvalue weighted by molar-refractivity contribution is -0.137. The molecule has 1 amide bonds. The number of piperidine rings is 1. The van der Waals surface area contributed by atoms with Gasteiger partial charge in [0.2, 0.25) is 15.9 Å². The lowest BCUT2D eigenvalue weighted by Crippen LogP contribution is -2.45. The van der Waals surface area contributed by atoms with Gasteiger partial charge in [-0.15, -0.1) is 0 Å². The molecule has 0 atom stereocenters. The van der Waals surface area contributed by atoms with Crippen molar-refractivity contribution in [3.8, 4) is 0 Å². The summed E-state index contributed by atoms with van der Waals surface area (Å²) in [6.07, 6.45) is 0.885. The summed E-state index contributed by atoms with van der Waals surface area (Å²) < 4.78 is 26.9. The Hall–Kier alpha value is -0.860. The SMILES string of the molecule is CCN(CCO)C(=O)C1CCN(S(=O)(=O)c2cc(Cl)ccc2Cl)CC1. The first-order valence-corrected chi connectivity index (χ1v) is 10.4. The average molecular weight is 409 g/mol. The first kappa shape index (κ1) is 20.5. The second-order valence-corrected chi connectivity index (χ2v) is 8.64. The molecule has 1 saturated heterocycles. The second-order valence-electron chi connectivity index (χ2n) is 5.89. The van der Waals surface area contributed by atoms with Gasteiger partial charge in [0, 0.05) is 37.1 Å². The Morgan fingerprint density at radius 1 is 1.32 bits per heavy atom. The average Bonchev–Trinajstić information content (AvgIpc) is 2.61. The van der Waals surface area contributed by atoms with Crippen LogP contribution in [0.15, 0.2) is 23.1 Å². The third-order valence-electron chi connectivity index (χ3n) is 4.38. The maximum absolute atomic E-state index is 12.8. The van der Waals surface area contributed by atoms with Crippen LogP contribution >= 0.6 is 23.2 Å². The fraction of sp³-hybridized carbons (Fsp3) is 0.562. The number of hydrogen-bond donors (Lipinski definition) is 1. The lowest BCUT2D eigenvalue weighted by Gasteiger charge is -2.33. The van der Waals surface area contributed by atoms with Crippen molar-refractivity contribution >= 4 is 39.1 Å². The quantitative estimate of drug-likeness (QED) is 0.782. The number of carbonyl (C=O) groups is 1. The van der Waals surface area contributed by atoms with Crippen LogP contribution in [0.4, 0.5) is 0 Å². The molecule has 0 radical (unpaired) electrons. The first-order chi connectivity index (χ1) is 11.8. The number of likely N-dealkylation sites (N-methyl/N-ethyl adjacent to an activating group) is 1. The van der Waals surface area contributed by atoms with Gasteiger partial charge in [0.25, 0.3) is 0 Å². The zero-order valence-corrected chi connectivity index (χ0v) is 16.3. The molecule has 2 rings (SSSR count). The minimum absolute atomic E-state index is 0.0121. The largest absolute Gasteiger partial charge is 0.395 e. The highest BCUT2D eigenvalue weighted by Crippen LogP contribution is 2.30. The van der Waals surface area contributed by atoms with Gasteiger partial charge >= 0.3 is 0 Å². The molecule has 1 aromatic carbocycles. The van der Waals surface area contributed by atoms with Crippen LogP contribution in [0.3, 0.4) is 0 Å². The molecule has 0 spiro atoms. The number of amides is 1. The Morgan fingerprint density at radius 3 is 2.52 bits per heavy atom. The van der Waals surface area contributed by atoms with Crippen molar-refractivity contribution in [1.29, 1.82) is 0 Å². The van der Waals surface area contributed by atoms with E-state index in [1.807, 2.05) is 6.92 Å². The molecule has 1 aromatic rings. The van der Waals surface area contributed by atoms with E-state index < -0.39 is 10.0 Å². The number of carbonyl (C=O) groups excluding carboxylic acids is 1. The molecule has 0 unspecified atom stereocenters. The van der Waals surface area contributed by atoms with Crippen molar-refractivity contribution in [3.05, 3.63) is 28.2 Å². The smallest absolute Gasteiger partial charge is 0.244 e. The Morgan fingerprint density at radius 2 is 1.96 bits per heavy atom. The summed E-state index contributed by atoms with van der Waals surface area (Å²) in [6.45, 7) is 3.09. The fourth-order valence-corrected chi connectivity index (χ4v) is 5.17. The van der Waals surface area contributed by atoms with Gasteiger partial charge in [-0.25, -0.2) is 8.42 Å². The van der Waals surface area contributed by atoms with Gasteiger partial charge in [-0.2, -0.15) is 4.31 Å². The molecule has 1 aliphatic rings. The first-order valence-electron chi connectivity index (χ1n) is 8.16. The lowest BCUT2D eigenvalue weighted by atomic mass is 9.96. The Labute approximate surface area is 158 Å². The van der Waals surface area contributed by atoms with Crippen molar-refractivity contribution in [3.63, 3.8) is 0 Å². The van der Waals surface area contributed by atoms with Gasteiger partial charge in [0.1, 0.15) is 4.90 Å². The van der Waals surface area contributed by atoms with Gasteiger partial charge in [-0.1, -0.05) is 23.2 Å². The minimum Gasteiger partial charge on any atom is -0.395 e. The highest BCUT2D eigenvalue weighted by atomic mass is 35.5. The molecule has 1 fully saturated rings. The van der Waals surface area contributed by atoms with E-state index in [9.17, 15) is 13.2 Å². The highest BCUT2D eigenvalue weighted by Gasteiger charge is 2.34. The van der Waals surface area contributed by atoms with Crippen molar-refractivity contribution in [2.24, 2.45) is 5.92 Å². The number of benzene rings is 1. The summed E-state index contributed by atoms with van der Waals surface area (Å²) in [5, 5.41) is 9.46. The van der Waals surface area contributed by atoms with Crippen molar-refractivity contribution in [1.82, 2.24) is 9.21 Å². The van der Waals surface area contributed by atoms with Gasteiger partial charge in [-0.05, 0) is 38.0 Å². The summed E-state index contributed by atoms with van der Waals surface area (Å²) in [6, 6.07) is 4.34. The summed E-state index contributed by atoms with van der Waals surface area (Å²) in [5.41, 5.74) is 0. The summed E-state index contributed by atoms with van der Waals surface area (Å²) >= 11 is 11.9. The van der Waals surface area contributed by atoms with E-state index in [1.165, 1.54) is 22.5 Å². The van der Waals surface area contributed by atoms with Crippen LogP contribution in [0.5, 0.6) is 0 Å². The van der Waals surface area contributed by atoms with Crippen molar-refractivity contribution in [2.75, 3.05) is 32.8 Å². The van der Waals surface area contributed by atoms with E-state index in [2.05, 4.69) is 0 Å². The zero-order chi connectivity index (χ0) is 18.6. The Kier molecular flexibility index (Phi) is 7.10. The zero-order valence-electron chi connectivity index (χ0n) is 14.0. The fourth-order valence-electron chi connectivity index (χ4n) is 2.96. The van der Waals surface area contributed by atoms with Crippen molar-refractivity contribution in [2.45, 2.75) is 24.7 Å². The maximum atomic E-state index is 12.8. The van der Waals surface area contributed by atoms with E-state index in [1.54, 1.807) is 4.90 Å². The van der Waals surface area contributed by atoms with Crippen LogP contribution in [0.2, 0.25) is 10.0 Å². The second kappa shape index (κ2) is 8.68. The summed E-state index contributed by atoms with van der Waals surface area (Å²) in [5.74, 6) is -0.262. The van der Waals surface area contributed by atoms with E-state index in [0.29, 0.717) is 31.0 Å². The monoisotopic (exact) mass is 408 g/mol. The number of sulfonamides is 1. The van der Waals surface area contributed by atoms with E-state index in [-0.39, 0.29) is 41.4 Å². The number of aliphatic hydroxyl groups is 1. The maximum Gasteiger partial charge on any atom is 0.244 e. The molecule has 0 bridgehead atoms. The normalized spacial score (nSPS) is 16.8. The molecular formula is C16H22Cl2N2O4S. The number of rotatable bonds is 6. The molecule has 9 heteroatoms. The van der Waals surface area contributed by atoms with E-state index in [0.717, 1.165) is 0 Å². The third kappa shape index (κ3) is 4.65. The minimum atomic E-state index is -3.75. The Bertz CT molecular complexity index is 719. The van der Waals surface area contributed by atoms with Crippen LogP contribution in [0.1, 0.15) is 19.8 Å². The van der Waals surface area contributed by atoms with E-state index >= 15 is 0 Å². The van der Waals surface area contributed by atoms with Crippen LogP contribution < -0.4 is 0 Å². The number of hydrogen-bond acceptors (Lipinski definition) is 4. The summed E-state index contributed by atoms with van der Waals surface area (Å²) in [7, 11) is -3.75. The highest BCUT2D eigenvalue weighted by molar-refractivity contribution is 7.89. The van der Waals surface area contributed by atoms with Gasteiger partial charge in [-0.3, -0.25) is 4.79 Å². The number of nitrogens with zero attached hydrogens (tertiary/aromatic N) is 2. The Balaban J connectivity index is 2.08. The molecule has 1 heterocycles. The molecule has 0 aromatic heterocycles. The molecular weight excluding hydrogens is 387 g/mol. The molecule has 1 aliphatic heterocycles. The van der Waals surface area contributed by atoms with Crippen LogP contribution in [0, 0.1) is 5.92 Å². The van der Waals surface area contributed by atoms with Gasteiger partial charge in [0.15, 0.2) is 0 Å². The molecule has 0 aliphatic carbocycles. The predicted molar refractivity (Wildman–Crippen MR) is 97.3 cm³/mol. The topological polar surface area (TPSA) is 77.9 Å². The van der Waals surface area contributed by atoms with Crippen molar-refractivity contribution < 1.29 is 18.3 Å². The molecule has 25 heavy (non-hydrogen) atoms. The summed E-state index contributed by atoms with van der Waals surface area (Å²) in [4.78, 5) is 14.0. The predicted octanol–water partition coefficient (Wildman–Crippen LogP) is 2.23.